The standard InChI is InChI=1S/C12H22N2O/c1-5-12(4,9-13)11(15)14-8-6-7-10(2)3/h10H,5-8H2,1-4H3,(H,14,15). The van der Waals surface area contributed by atoms with Crippen LogP contribution < -0.4 is 5.32 Å². The molecule has 3 nitrogen and oxygen atoms in total. The summed E-state index contributed by atoms with van der Waals surface area (Å²) in [6.07, 6.45) is 2.64. The van der Waals surface area contributed by atoms with E-state index in [1.807, 2.05) is 6.92 Å². The van der Waals surface area contributed by atoms with Gasteiger partial charge in [0.1, 0.15) is 5.41 Å². The first-order valence-electron chi connectivity index (χ1n) is 5.65. The third-order valence-corrected chi connectivity index (χ3v) is 2.70. The first-order valence-corrected chi connectivity index (χ1v) is 5.65. The van der Waals surface area contributed by atoms with Crippen LogP contribution in [0.25, 0.3) is 0 Å². The summed E-state index contributed by atoms with van der Waals surface area (Å²) in [7, 11) is 0. The van der Waals surface area contributed by atoms with Gasteiger partial charge in [-0.15, -0.1) is 0 Å². The van der Waals surface area contributed by atoms with E-state index in [-0.39, 0.29) is 5.91 Å². The maximum Gasteiger partial charge on any atom is 0.240 e. The van der Waals surface area contributed by atoms with Crippen LogP contribution in [0.15, 0.2) is 0 Å². The summed E-state index contributed by atoms with van der Waals surface area (Å²) >= 11 is 0. The van der Waals surface area contributed by atoms with Gasteiger partial charge >= 0.3 is 0 Å². The maximum absolute atomic E-state index is 11.6. The second-order valence-electron chi connectivity index (χ2n) is 4.59. The van der Waals surface area contributed by atoms with Gasteiger partial charge in [0, 0.05) is 6.54 Å². The van der Waals surface area contributed by atoms with Crippen molar-refractivity contribution in [2.45, 2.75) is 47.0 Å². The molecule has 1 amide bonds. The van der Waals surface area contributed by atoms with Crippen LogP contribution in [-0.2, 0) is 4.79 Å². The topological polar surface area (TPSA) is 52.9 Å². The average Bonchev–Trinajstić information content (AvgIpc) is 2.22. The molecule has 0 aromatic heterocycles. The van der Waals surface area contributed by atoms with Crippen molar-refractivity contribution in [3.8, 4) is 6.07 Å². The minimum Gasteiger partial charge on any atom is -0.355 e. The molecule has 0 saturated heterocycles. The van der Waals surface area contributed by atoms with E-state index in [0.29, 0.717) is 18.9 Å². The van der Waals surface area contributed by atoms with Crippen LogP contribution in [-0.4, -0.2) is 12.5 Å². The van der Waals surface area contributed by atoms with Crippen LogP contribution in [0.5, 0.6) is 0 Å². The summed E-state index contributed by atoms with van der Waals surface area (Å²) in [4.78, 5) is 11.6. The molecular formula is C12H22N2O. The molecule has 15 heavy (non-hydrogen) atoms. The molecule has 0 aromatic carbocycles. The van der Waals surface area contributed by atoms with E-state index < -0.39 is 5.41 Å². The zero-order valence-electron chi connectivity index (χ0n) is 10.3. The fourth-order valence-electron chi connectivity index (χ4n) is 1.20. The summed E-state index contributed by atoms with van der Waals surface area (Å²) in [6.45, 7) is 8.54. The smallest absolute Gasteiger partial charge is 0.240 e. The predicted molar refractivity (Wildman–Crippen MR) is 61.1 cm³/mol. The first-order chi connectivity index (χ1) is 6.96. The average molecular weight is 210 g/mol. The Morgan fingerprint density at radius 3 is 2.53 bits per heavy atom. The van der Waals surface area contributed by atoms with Crippen LogP contribution in [0, 0.1) is 22.7 Å². The summed E-state index contributed by atoms with van der Waals surface area (Å²) in [5.74, 6) is 0.520. The van der Waals surface area contributed by atoms with E-state index in [9.17, 15) is 4.79 Å². The van der Waals surface area contributed by atoms with E-state index in [4.69, 9.17) is 5.26 Å². The Labute approximate surface area is 92.9 Å². The predicted octanol–water partition coefficient (Wildman–Crippen LogP) is 2.48. The van der Waals surface area contributed by atoms with Crippen molar-refractivity contribution in [1.82, 2.24) is 5.32 Å². The largest absolute Gasteiger partial charge is 0.355 e. The lowest BCUT2D eigenvalue weighted by molar-refractivity contribution is -0.127. The van der Waals surface area contributed by atoms with Gasteiger partial charge in [-0.1, -0.05) is 20.8 Å². The zero-order chi connectivity index (χ0) is 11.9. The Hall–Kier alpha value is -1.04. The number of amides is 1. The molecule has 0 radical (unpaired) electrons. The molecule has 0 aliphatic heterocycles. The summed E-state index contributed by atoms with van der Waals surface area (Å²) in [5.41, 5.74) is -0.863. The molecule has 1 unspecified atom stereocenters. The molecule has 0 bridgehead atoms. The third kappa shape index (κ3) is 4.83. The molecule has 0 saturated carbocycles. The highest BCUT2D eigenvalue weighted by Crippen LogP contribution is 2.19. The molecule has 0 aliphatic rings. The summed E-state index contributed by atoms with van der Waals surface area (Å²) in [6, 6.07) is 2.07. The molecule has 3 heteroatoms. The van der Waals surface area contributed by atoms with Crippen molar-refractivity contribution in [3.05, 3.63) is 0 Å². The molecule has 1 atom stereocenters. The lowest BCUT2D eigenvalue weighted by Gasteiger charge is -2.18. The highest BCUT2D eigenvalue weighted by atomic mass is 16.2. The van der Waals surface area contributed by atoms with Crippen molar-refractivity contribution in [2.75, 3.05) is 6.54 Å². The SMILES string of the molecule is CCC(C)(C#N)C(=O)NCCCC(C)C. The van der Waals surface area contributed by atoms with Gasteiger partial charge in [-0.05, 0) is 32.1 Å². The van der Waals surface area contributed by atoms with Crippen molar-refractivity contribution in [2.24, 2.45) is 11.3 Å². The molecule has 86 valence electrons. The Kier molecular flexibility index (Phi) is 6.00. The Morgan fingerprint density at radius 1 is 1.53 bits per heavy atom. The van der Waals surface area contributed by atoms with E-state index in [0.717, 1.165) is 12.8 Å². The normalized spacial score (nSPS) is 14.4. The molecule has 0 heterocycles. The van der Waals surface area contributed by atoms with Gasteiger partial charge in [-0.3, -0.25) is 4.79 Å². The molecule has 0 rings (SSSR count). The zero-order valence-corrected chi connectivity index (χ0v) is 10.3. The second kappa shape index (κ2) is 6.44. The fourth-order valence-corrected chi connectivity index (χ4v) is 1.20. The monoisotopic (exact) mass is 210 g/mol. The number of hydrogen-bond acceptors (Lipinski definition) is 2. The molecular weight excluding hydrogens is 188 g/mol. The number of nitrogens with zero attached hydrogens (tertiary/aromatic N) is 1. The van der Waals surface area contributed by atoms with E-state index in [1.165, 1.54) is 0 Å². The Balaban J connectivity index is 3.89. The fraction of sp³-hybridized carbons (Fsp3) is 0.833. The van der Waals surface area contributed by atoms with Gasteiger partial charge in [0.2, 0.25) is 5.91 Å². The van der Waals surface area contributed by atoms with E-state index in [1.54, 1.807) is 6.92 Å². The number of nitrogens with one attached hydrogen (secondary N) is 1. The first kappa shape index (κ1) is 14.0. The second-order valence-corrected chi connectivity index (χ2v) is 4.59. The molecule has 0 aliphatic carbocycles. The lowest BCUT2D eigenvalue weighted by atomic mass is 9.88. The summed E-state index contributed by atoms with van der Waals surface area (Å²) < 4.78 is 0. The number of carbonyl (C=O) groups excluding carboxylic acids is 1. The highest BCUT2D eigenvalue weighted by molar-refractivity contribution is 5.84. The molecule has 0 spiro atoms. The molecule has 0 fully saturated rings. The van der Waals surface area contributed by atoms with Gasteiger partial charge in [0.25, 0.3) is 0 Å². The lowest BCUT2D eigenvalue weighted by Crippen LogP contribution is -2.38. The van der Waals surface area contributed by atoms with Crippen molar-refractivity contribution in [3.63, 3.8) is 0 Å². The van der Waals surface area contributed by atoms with Gasteiger partial charge < -0.3 is 5.32 Å². The van der Waals surface area contributed by atoms with Crippen LogP contribution in [0.2, 0.25) is 0 Å². The highest BCUT2D eigenvalue weighted by Gasteiger charge is 2.30. The Morgan fingerprint density at radius 2 is 2.13 bits per heavy atom. The van der Waals surface area contributed by atoms with Crippen LogP contribution in [0.1, 0.15) is 47.0 Å². The van der Waals surface area contributed by atoms with E-state index in [2.05, 4.69) is 25.2 Å². The van der Waals surface area contributed by atoms with Gasteiger partial charge in [-0.25, -0.2) is 0 Å². The van der Waals surface area contributed by atoms with Gasteiger partial charge in [-0.2, -0.15) is 5.26 Å². The number of nitriles is 1. The minimum atomic E-state index is -0.863. The molecule has 0 aromatic rings. The van der Waals surface area contributed by atoms with Gasteiger partial charge in [0.05, 0.1) is 6.07 Å². The number of hydrogen-bond donors (Lipinski definition) is 1. The van der Waals surface area contributed by atoms with Gasteiger partial charge in [0.15, 0.2) is 0 Å². The third-order valence-electron chi connectivity index (χ3n) is 2.70. The van der Waals surface area contributed by atoms with Crippen molar-refractivity contribution >= 4 is 5.91 Å². The minimum absolute atomic E-state index is 0.142. The van der Waals surface area contributed by atoms with E-state index >= 15 is 0 Å². The van der Waals surface area contributed by atoms with Crippen molar-refractivity contribution in [1.29, 1.82) is 5.26 Å². The van der Waals surface area contributed by atoms with Crippen LogP contribution in [0.3, 0.4) is 0 Å². The maximum atomic E-state index is 11.6. The summed E-state index contributed by atoms with van der Waals surface area (Å²) in [5, 5.41) is 11.7. The van der Waals surface area contributed by atoms with Crippen LogP contribution >= 0.6 is 0 Å². The number of rotatable bonds is 6. The quantitative estimate of drug-likeness (QED) is 0.685. The number of carbonyl (C=O) groups is 1. The van der Waals surface area contributed by atoms with Crippen molar-refractivity contribution < 1.29 is 4.79 Å². The Bertz CT molecular complexity index is 242. The van der Waals surface area contributed by atoms with Crippen LogP contribution in [0.4, 0.5) is 0 Å². The molecule has 1 N–H and O–H groups in total.